The number of aryl methyl sites for hydroxylation is 1. The zero-order valence-electron chi connectivity index (χ0n) is 17.5. The van der Waals surface area contributed by atoms with Crippen molar-refractivity contribution in [2.75, 3.05) is 20.6 Å². The number of benzene rings is 1. The molecule has 8 heteroatoms. The molecule has 0 aliphatic rings. The molecule has 1 heterocycles. The van der Waals surface area contributed by atoms with Crippen LogP contribution in [0.25, 0.3) is 0 Å². The molecular formula is C21H31ClIN5O. The standard InChI is InChI=1S/C21H30ClN5O.HI/c1-5-6-11-24-20(28)17-9-7-16(8-10-17)13-25-21(23-2)27(4)15-19-12-18(22)14-26(19)3;/h7-10,12,14H,5-6,11,13,15H2,1-4H3,(H,23,25)(H,24,28);1H. The average molecular weight is 532 g/mol. The van der Waals surface area contributed by atoms with E-state index in [1.54, 1.807) is 7.05 Å². The summed E-state index contributed by atoms with van der Waals surface area (Å²) in [5.41, 5.74) is 2.87. The second kappa shape index (κ2) is 12.7. The largest absolute Gasteiger partial charge is 0.352 e. The third kappa shape index (κ3) is 7.89. The summed E-state index contributed by atoms with van der Waals surface area (Å²) in [6, 6.07) is 9.60. The monoisotopic (exact) mass is 531 g/mol. The second-order valence-electron chi connectivity index (χ2n) is 6.82. The fourth-order valence-electron chi connectivity index (χ4n) is 2.86. The van der Waals surface area contributed by atoms with E-state index in [9.17, 15) is 4.79 Å². The average Bonchev–Trinajstić information content (AvgIpc) is 2.99. The number of halogens is 2. The molecule has 0 unspecified atom stereocenters. The number of unbranched alkanes of at least 4 members (excludes halogenated alkanes) is 1. The van der Waals surface area contributed by atoms with Gasteiger partial charge in [0.15, 0.2) is 5.96 Å². The molecular weight excluding hydrogens is 501 g/mol. The van der Waals surface area contributed by atoms with Crippen LogP contribution < -0.4 is 10.6 Å². The number of aliphatic imine (C=N–C) groups is 1. The zero-order valence-corrected chi connectivity index (χ0v) is 20.6. The van der Waals surface area contributed by atoms with Crippen molar-refractivity contribution >= 4 is 47.4 Å². The maximum absolute atomic E-state index is 12.1. The van der Waals surface area contributed by atoms with E-state index in [0.717, 1.165) is 35.1 Å². The number of hydrogen-bond donors (Lipinski definition) is 2. The first-order valence-electron chi connectivity index (χ1n) is 9.54. The highest BCUT2D eigenvalue weighted by Crippen LogP contribution is 2.14. The van der Waals surface area contributed by atoms with Crippen molar-refractivity contribution in [1.29, 1.82) is 0 Å². The number of carbonyl (C=O) groups is 1. The molecule has 0 aliphatic heterocycles. The number of carbonyl (C=O) groups excluding carboxylic acids is 1. The van der Waals surface area contributed by atoms with Gasteiger partial charge in [0.05, 0.1) is 11.6 Å². The van der Waals surface area contributed by atoms with Crippen molar-refractivity contribution in [3.05, 3.63) is 58.4 Å². The summed E-state index contributed by atoms with van der Waals surface area (Å²) in [6.45, 7) is 4.14. The lowest BCUT2D eigenvalue weighted by atomic mass is 10.1. The fraction of sp³-hybridized carbons (Fsp3) is 0.429. The number of nitrogens with one attached hydrogen (secondary N) is 2. The third-order valence-corrected chi connectivity index (χ3v) is 4.74. The number of guanidine groups is 1. The summed E-state index contributed by atoms with van der Waals surface area (Å²) in [4.78, 5) is 18.5. The molecule has 29 heavy (non-hydrogen) atoms. The van der Waals surface area contributed by atoms with E-state index >= 15 is 0 Å². The van der Waals surface area contributed by atoms with Gasteiger partial charge in [-0.05, 0) is 30.2 Å². The van der Waals surface area contributed by atoms with Gasteiger partial charge in [-0.3, -0.25) is 9.79 Å². The normalized spacial score (nSPS) is 11.0. The Balaban J connectivity index is 0.00000420. The van der Waals surface area contributed by atoms with Gasteiger partial charge in [-0.2, -0.15) is 0 Å². The van der Waals surface area contributed by atoms with Gasteiger partial charge in [0, 0.05) is 51.7 Å². The molecule has 1 aromatic carbocycles. The highest BCUT2D eigenvalue weighted by Gasteiger charge is 2.10. The lowest BCUT2D eigenvalue weighted by Crippen LogP contribution is -2.38. The van der Waals surface area contributed by atoms with Gasteiger partial charge in [-0.1, -0.05) is 37.1 Å². The minimum Gasteiger partial charge on any atom is -0.352 e. The van der Waals surface area contributed by atoms with E-state index in [-0.39, 0.29) is 29.9 Å². The fourth-order valence-corrected chi connectivity index (χ4v) is 3.13. The molecule has 2 N–H and O–H groups in total. The first-order valence-corrected chi connectivity index (χ1v) is 9.92. The Hall–Kier alpha value is -1.74. The zero-order chi connectivity index (χ0) is 20.5. The van der Waals surface area contributed by atoms with E-state index in [4.69, 9.17) is 11.6 Å². The van der Waals surface area contributed by atoms with Crippen LogP contribution in [0.1, 0.15) is 41.4 Å². The molecule has 6 nitrogen and oxygen atoms in total. The van der Waals surface area contributed by atoms with E-state index in [1.807, 2.05) is 60.1 Å². The van der Waals surface area contributed by atoms with Crippen LogP contribution in [0.2, 0.25) is 5.02 Å². The van der Waals surface area contributed by atoms with Crippen molar-refractivity contribution in [1.82, 2.24) is 20.1 Å². The van der Waals surface area contributed by atoms with Crippen molar-refractivity contribution < 1.29 is 4.79 Å². The third-order valence-electron chi connectivity index (χ3n) is 4.53. The molecule has 2 rings (SSSR count). The first kappa shape index (κ1) is 25.3. The molecule has 0 atom stereocenters. The molecule has 1 amide bonds. The van der Waals surface area contributed by atoms with Crippen molar-refractivity contribution in [3.8, 4) is 0 Å². The predicted molar refractivity (Wildman–Crippen MR) is 131 cm³/mol. The quantitative estimate of drug-likeness (QED) is 0.234. The molecule has 2 aromatic rings. The Labute approximate surface area is 195 Å². The number of hydrogen-bond acceptors (Lipinski definition) is 2. The van der Waals surface area contributed by atoms with E-state index in [0.29, 0.717) is 25.2 Å². The molecule has 160 valence electrons. The number of nitrogens with zero attached hydrogens (tertiary/aromatic N) is 3. The van der Waals surface area contributed by atoms with Gasteiger partial charge in [-0.25, -0.2) is 0 Å². The van der Waals surface area contributed by atoms with Crippen LogP contribution in [0, 0.1) is 0 Å². The van der Waals surface area contributed by atoms with Crippen LogP contribution in [-0.4, -0.2) is 42.0 Å². The number of aromatic nitrogens is 1. The Kier molecular flexibility index (Phi) is 11.1. The molecule has 0 saturated carbocycles. The summed E-state index contributed by atoms with van der Waals surface area (Å²) >= 11 is 6.06. The molecule has 0 radical (unpaired) electrons. The summed E-state index contributed by atoms with van der Waals surface area (Å²) in [6.07, 6.45) is 3.95. The predicted octanol–water partition coefficient (Wildman–Crippen LogP) is 4.03. The van der Waals surface area contributed by atoms with Crippen molar-refractivity contribution in [3.63, 3.8) is 0 Å². The summed E-state index contributed by atoms with van der Waals surface area (Å²) in [7, 11) is 5.73. The van der Waals surface area contributed by atoms with E-state index in [1.165, 1.54) is 0 Å². The lowest BCUT2D eigenvalue weighted by molar-refractivity contribution is 0.0953. The maximum Gasteiger partial charge on any atom is 0.251 e. The Morgan fingerprint density at radius 1 is 1.24 bits per heavy atom. The topological polar surface area (TPSA) is 61.7 Å². The minimum atomic E-state index is -0.0234. The van der Waals surface area contributed by atoms with Gasteiger partial charge in [0.2, 0.25) is 0 Å². The molecule has 0 spiro atoms. The molecule has 0 fully saturated rings. The highest BCUT2D eigenvalue weighted by atomic mass is 127. The molecule has 1 aromatic heterocycles. The van der Waals surface area contributed by atoms with Gasteiger partial charge in [0.25, 0.3) is 5.91 Å². The van der Waals surface area contributed by atoms with Gasteiger partial charge >= 0.3 is 0 Å². The highest BCUT2D eigenvalue weighted by molar-refractivity contribution is 14.0. The van der Waals surface area contributed by atoms with Crippen LogP contribution in [0.3, 0.4) is 0 Å². The number of rotatable bonds is 8. The first-order chi connectivity index (χ1) is 13.4. The van der Waals surface area contributed by atoms with Crippen LogP contribution in [0.5, 0.6) is 0 Å². The summed E-state index contributed by atoms with van der Waals surface area (Å²) in [5, 5.41) is 7.02. The van der Waals surface area contributed by atoms with Crippen LogP contribution in [0.4, 0.5) is 0 Å². The maximum atomic E-state index is 12.1. The van der Waals surface area contributed by atoms with Gasteiger partial charge in [-0.15, -0.1) is 24.0 Å². The summed E-state index contributed by atoms with van der Waals surface area (Å²) in [5.74, 6) is 0.767. The number of amides is 1. The molecule has 0 saturated heterocycles. The Morgan fingerprint density at radius 2 is 1.93 bits per heavy atom. The second-order valence-corrected chi connectivity index (χ2v) is 7.26. The van der Waals surface area contributed by atoms with Crippen molar-refractivity contribution in [2.45, 2.75) is 32.9 Å². The Bertz CT molecular complexity index is 804. The molecule has 0 bridgehead atoms. The minimum absolute atomic E-state index is 0. The molecule has 0 aliphatic carbocycles. The SMILES string of the molecule is CCCCNC(=O)c1ccc(CNC(=NC)N(C)Cc2cc(Cl)cn2C)cc1.I. The smallest absolute Gasteiger partial charge is 0.251 e. The summed E-state index contributed by atoms with van der Waals surface area (Å²) < 4.78 is 2.01. The van der Waals surface area contributed by atoms with Gasteiger partial charge < -0.3 is 20.1 Å². The van der Waals surface area contributed by atoms with Crippen molar-refractivity contribution in [2.24, 2.45) is 12.0 Å². The van der Waals surface area contributed by atoms with Gasteiger partial charge in [0.1, 0.15) is 0 Å². The van der Waals surface area contributed by atoms with Crippen LogP contribution in [-0.2, 0) is 20.1 Å². The van der Waals surface area contributed by atoms with Crippen LogP contribution in [0.15, 0.2) is 41.5 Å². The lowest BCUT2D eigenvalue weighted by Gasteiger charge is -2.22. The van der Waals surface area contributed by atoms with E-state index in [2.05, 4.69) is 22.5 Å². The van der Waals surface area contributed by atoms with E-state index < -0.39 is 0 Å². The van der Waals surface area contributed by atoms with Crippen LogP contribution >= 0.6 is 35.6 Å². The Morgan fingerprint density at radius 3 is 2.48 bits per heavy atom.